The van der Waals surface area contributed by atoms with Crippen LogP contribution in [0.15, 0.2) is 59.3 Å². The van der Waals surface area contributed by atoms with E-state index in [0.29, 0.717) is 24.0 Å². The van der Waals surface area contributed by atoms with Crippen LogP contribution in [0, 0.1) is 22.7 Å². The van der Waals surface area contributed by atoms with E-state index >= 15 is 0 Å². The van der Waals surface area contributed by atoms with Gasteiger partial charge >= 0.3 is 0 Å². The average Bonchev–Trinajstić information content (AvgIpc) is 3.74. The molecule has 0 saturated heterocycles. The topological polar surface area (TPSA) is 35.5 Å². The zero-order valence-electron chi connectivity index (χ0n) is 36.2. The monoisotopic (exact) mass is 749 g/mol. The van der Waals surface area contributed by atoms with Crippen LogP contribution in [0.1, 0.15) is 159 Å². The van der Waals surface area contributed by atoms with Gasteiger partial charge in [-0.15, -0.1) is 0 Å². The van der Waals surface area contributed by atoms with E-state index in [2.05, 4.69) is 119 Å². The zero-order valence-corrected chi connectivity index (χ0v) is 38.2. The van der Waals surface area contributed by atoms with Crippen LogP contribution in [0.2, 0.25) is 36.3 Å². The van der Waals surface area contributed by atoms with Crippen LogP contribution < -0.4 is 0 Å². The summed E-state index contributed by atoms with van der Waals surface area (Å²) in [6, 6.07) is 0. The standard InChI is InChI=1S/C47H80O3Si2/c1-15-16-17-18-19-20-30-47(31-32-47)43(48)28-23-35(2)40-26-27-41-37(22-21-29-46(40,41)10)24-25-38-33-39(49-51(11,12)44(4,5)6)34-42(36(38)3)50-52(13,14)45(7,8)9/h20,23-25,30,39-42H,3,15-19,21-22,26-29,31-34H2,1-2,4-14H3/t39-,40-,41+,42+,46-/m1/s1. The number of rotatable bonds is 15. The van der Waals surface area contributed by atoms with Crippen LogP contribution in [0.4, 0.5) is 0 Å². The first-order valence-corrected chi connectivity index (χ1v) is 27.2. The highest BCUT2D eigenvalue weighted by molar-refractivity contribution is 6.74. The number of Topliss-reactive ketones (excluding diaryl/α,β-unsaturated/α-hetero) is 1. The lowest BCUT2D eigenvalue weighted by molar-refractivity contribution is -0.121. The van der Waals surface area contributed by atoms with E-state index in [1.54, 1.807) is 5.57 Å². The summed E-state index contributed by atoms with van der Waals surface area (Å²) < 4.78 is 14.2. The minimum Gasteiger partial charge on any atom is -0.413 e. The summed E-state index contributed by atoms with van der Waals surface area (Å²) in [7, 11) is -3.95. The largest absolute Gasteiger partial charge is 0.413 e. The molecule has 4 fully saturated rings. The second kappa shape index (κ2) is 16.8. The van der Waals surface area contributed by atoms with Crippen molar-refractivity contribution < 1.29 is 13.6 Å². The Morgan fingerprint density at radius 3 is 2.19 bits per heavy atom. The molecule has 0 N–H and O–H groups in total. The van der Waals surface area contributed by atoms with E-state index in [4.69, 9.17) is 15.4 Å². The number of allylic oxidation sites excluding steroid dienone is 7. The first-order chi connectivity index (χ1) is 24.1. The second-order valence-corrected chi connectivity index (χ2v) is 30.3. The molecular formula is C47H80O3Si2. The summed E-state index contributed by atoms with van der Waals surface area (Å²) in [5.41, 5.74) is 5.66. The van der Waals surface area contributed by atoms with Gasteiger partial charge in [-0.25, -0.2) is 0 Å². The van der Waals surface area contributed by atoms with Gasteiger partial charge in [-0.05, 0) is 136 Å². The van der Waals surface area contributed by atoms with Crippen molar-refractivity contribution in [2.24, 2.45) is 22.7 Å². The first kappa shape index (κ1) is 43.5. The molecule has 4 aliphatic rings. The molecule has 52 heavy (non-hydrogen) atoms. The van der Waals surface area contributed by atoms with Gasteiger partial charge in [-0.3, -0.25) is 4.79 Å². The van der Waals surface area contributed by atoms with E-state index < -0.39 is 16.6 Å². The fraction of sp³-hybridized carbons (Fsp3) is 0.766. The van der Waals surface area contributed by atoms with Gasteiger partial charge in [0.25, 0.3) is 0 Å². The van der Waals surface area contributed by atoms with E-state index in [0.717, 1.165) is 32.1 Å². The maximum atomic E-state index is 13.5. The van der Waals surface area contributed by atoms with Crippen molar-refractivity contribution in [1.82, 2.24) is 0 Å². The number of hydrogen-bond acceptors (Lipinski definition) is 3. The van der Waals surface area contributed by atoms with Crippen molar-refractivity contribution in [3.63, 3.8) is 0 Å². The molecule has 0 aromatic rings. The molecule has 0 aromatic carbocycles. The molecule has 5 atom stereocenters. The van der Waals surface area contributed by atoms with Gasteiger partial charge in [0.2, 0.25) is 0 Å². The van der Waals surface area contributed by atoms with Gasteiger partial charge < -0.3 is 8.85 Å². The summed E-state index contributed by atoms with van der Waals surface area (Å²) >= 11 is 0. The van der Waals surface area contributed by atoms with Gasteiger partial charge in [0, 0.05) is 18.3 Å². The van der Waals surface area contributed by atoms with Crippen molar-refractivity contribution in [1.29, 1.82) is 0 Å². The fourth-order valence-corrected chi connectivity index (χ4v) is 11.7. The number of unbranched alkanes of at least 4 members (excludes halogenated alkanes) is 4. The second-order valence-electron chi connectivity index (χ2n) is 20.8. The lowest BCUT2D eigenvalue weighted by Gasteiger charge is -2.45. The highest BCUT2D eigenvalue weighted by atomic mass is 28.4. The molecule has 3 nitrogen and oxygen atoms in total. The fourth-order valence-electron chi connectivity index (χ4n) is 9.02. The number of carbonyl (C=O) groups excluding carboxylic acids is 1. The normalized spacial score (nSPS) is 30.4. The summed E-state index contributed by atoms with van der Waals surface area (Å²) in [5, 5.41) is 0.306. The van der Waals surface area contributed by atoms with Gasteiger partial charge in [0.1, 0.15) is 5.78 Å². The zero-order chi connectivity index (χ0) is 38.8. The number of carbonyl (C=O) groups is 1. The van der Waals surface area contributed by atoms with Crippen LogP contribution in [-0.2, 0) is 13.6 Å². The minimum absolute atomic E-state index is 0.00750. The molecule has 5 heteroatoms. The Morgan fingerprint density at radius 1 is 0.923 bits per heavy atom. The van der Waals surface area contributed by atoms with Crippen molar-refractivity contribution in [2.75, 3.05) is 0 Å². The molecule has 0 aromatic heterocycles. The van der Waals surface area contributed by atoms with Gasteiger partial charge in [-0.2, -0.15) is 0 Å². The maximum Gasteiger partial charge on any atom is 0.192 e. The Balaban J connectivity index is 1.50. The van der Waals surface area contributed by atoms with Crippen molar-refractivity contribution in [3.8, 4) is 0 Å². The molecule has 4 aliphatic carbocycles. The number of fused-ring (bicyclic) bond motifs is 1. The molecule has 4 saturated carbocycles. The molecule has 4 rings (SSSR count). The highest BCUT2D eigenvalue weighted by Gasteiger charge is 2.50. The third-order valence-corrected chi connectivity index (χ3v) is 23.9. The Morgan fingerprint density at radius 2 is 1.58 bits per heavy atom. The van der Waals surface area contributed by atoms with Crippen LogP contribution >= 0.6 is 0 Å². The van der Waals surface area contributed by atoms with Crippen LogP contribution in [0.3, 0.4) is 0 Å². The third-order valence-electron chi connectivity index (χ3n) is 14.9. The molecule has 0 aliphatic heterocycles. The predicted molar refractivity (Wildman–Crippen MR) is 230 cm³/mol. The summed E-state index contributed by atoms with van der Waals surface area (Å²) in [6.07, 6.45) is 28.9. The van der Waals surface area contributed by atoms with Crippen molar-refractivity contribution in [2.45, 2.75) is 207 Å². The quantitative estimate of drug-likeness (QED) is 0.0950. The van der Waals surface area contributed by atoms with E-state index in [9.17, 15) is 4.79 Å². The Hall–Kier alpha value is -1.28. The lowest BCUT2D eigenvalue weighted by atomic mass is 9.62. The minimum atomic E-state index is -2.00. The van der Waals surface area contributed by atoms with Gasteiger partial charge in [0.05, 0.1) is 12.2 Å². The first-order valence-electron chi connectivity index (χ1n) is 21.4. The van der Waals surface area contributed by atoms with Gasteiger partial charge in [0.15, 0.2) is 16.6 Å². The molecule has 0 spiro atoms. The molecular weight excluding hydrogens is 669 g/mol. The Kier molecular flexibility index (Phi) is 14.1. The molecule has 0 unspecified atom stereocenters. The SMILES string of the molecule is C=C1C(=CC=C2CCC[C@]3(C)[C@@H](C(C)=CCC(=O)C4(C=CCCCCCC)CC4)CC[C@@H]23)C[C@@H](O[Si](C)(C)C(C)(C)C)C[C@@H]1O[Si](C)(C)C(C)(C)C. The highest BCUT2D eigenvalue weighted by Crippen LogP contribution is 2.59. The van der Waals surface area contributed by atoms with Crippen LogP contribution in [0.5, 0.6) is 0 Å². The number of ketones is 1. The molecule has 0 radical (unpaired) electrons. The maximum absolute atomic E-state index is 13.5. The molecule has 0 heterocycles. The average molecular weight is 749 g/mol. The summed E-state index contributed by atoms with van der Waals surface area (Å²) in [4.78, 5) is 13.5. The van der Waals surface area contributed by atoms with E-state index in [1.807, 2.05) is 0 Å². The van der Waals surface area contributed by atoms with E-state index in [-0.39, 0.29) is 33.1 Å². The smallest absolute Gasteiger partial charge is 0.192 e. The van der Waals surface area contributed by atoms with Crippen LogP contribution in [0.25, 0.3) is 0 Å². The Bertz CT molecular complexity index is 1390. The third kappa shape index (κ3) is 10.1. The molecule has 0 amide bonds. The van der Waals surface area contributed by atoms with Crippen molar-refractivity contribution >= 4 is 22.4 Å². The Labute approximate surface area is 323 Å². The molecule has 294 valence electrons. The summed E-state index contributed by atoms with van der Waals surface area (Å²) in [5.74, 6) is 1.59. The predicted octanol–water partition coefficient (Wildman–Crippen LogP) is 14.4. The van der Waals surface area contributed by atoms with E-state index in [1.165, 1.54) is 74.5 Å². The van der Waals surface area contributed by atoms with Gasteiger partial charge in [-0.1, -0.05) is 123 Å². The van der Waals surface area contributed by atoms with Crippen molar-refractivity contribution in [3.05, 3.63) is 59.3 Å². The van der Waals surface area contributed by atoms with Crippen LogP contribution in [-0.4, -0.2) is 34.6 Å². The lowest BCUT2D eigenvalue weighted by Crippen LogP contribution is -2.49. The molecule has 0 bridgehead atoms. The summed E-state index contributed by atoms with van der Waals surface area (Å²) in [6.45, 7) is 35.4. The number of hydrogen-bond donors (Lipinski definition) is 0.